The van der Waals surface area contributed by atoms with Gasteiger partial charge in [0.05, 0.1) is 0 Å². The number of hydrogen-bond acceptors (Lipinski definition) is 2. The highest BCUT2D eigenvalue weighted by Gasteiger charge is 2.23. The number of hydrogen-bond donors (Lipinski definition) is 1. The first-order chi connectivity index (χ1) is 9.99. The number of rotatable bonds is 6. The second-order valence-corrected chi connectivity index (χ2v) is 7.66. The van der Waals surface area contributed by atoms with Crippen LogP contribution in [0.25, 0.3) is 0 Å². The molecule has 1 aliphatic carbocycles. The molecule has 3 heteroatoms. The van der Waals surface area contributed by atoms with E-state index in [9.17, 15) is 0 Å². The summed E-state index contributed by atoms with van der Waals surface area (Å²) >= 11 is 3.70. The lowest BCUT2D eigenvalue weighted by molar-refractivity contribution is 0.528. The van der Waals surface area contributed by atoms with Crippen LogP contribution >= 0.6 is 15.9 Å². The molecule has 0 radical (unpaired) electrons. The standard InChI is InChI=1S/C18H29BrN2/c1-13(2)10-11-21(15-6-4-5-7-15)16-8-9-17(14(3)20)18(19)12-16/h8-9,12-15H,4-7,10-11,20H2,1-3H3/t14-/m0/s1. The molecule has 1 fully saturated rings. The van der Waals surface area contributed by atoms with Gasteiger partial charge in [0, 0.05) is 28.8 Å². The predicted octanol–water partition coefficient (Wildman–Crippen LogP) is 5.26. The van der Waals surface area contributed by atoms with Crippen LogP contribution in [0.1, 0.15) is 64.5 Å². The Balaban J connectivity index is 2.20. The van der Waals surface area contributed by atoms with Crippen molar-refractivity contribution in [3.05, 3.63) is 28.2 Å². The van der Waals surface area contributed by atoms with Crippen LogP contribution in [0.4, 0.5) is 5.69 Å². The third-order valence-corrected chi connectivity index (χ3v) is 5.21. The van der Waals surface area contributed by atoms with Crippen molar-refractivity contribution in [3.63, 3.8) is 0 Å². The number of halogens is 1. The van der Waals surface area contributed by atoms with Gasteiger partial charge in [0.1, 0.15) is 0 Å². The van der Waals surface area contributed by atoms with Crippen molar-refractivity contribution in [2.75, 3.05) is 11.4 Å². The number of nitrogens with zero attached hydrogens (tertiary/aromatic N) is 1. The van der Waals surface area contributed by atoms with Gasteiger partial charge in [-0.2, -0.15) is 0 Å². The Kier molecular flexibility index (Phi) is 6.12. The maximum Gasteiger partial charge on any atom is 0.0380 e. The van der Waals surface area contributed by atoms with Crippen molar-refractivity contribution in [2.24, 2.45) is 11.7 Å². The van der Waals surface area contributed by atoms with E-state index in [1.807, 2.05) is 6.92 Å². The average molecular weight is 353 g/mol. The van der Waals surface area contributed by atoms with E-state index in [4.69, 9.17) is 5.73 Å². The number of benzene rings is 1. The van der Waals surface area contributed by atoms with Gasteiger partial charge in [0.15, 0.2) is 0 Å². The summed E-state index contributed by atoms with van der Waals surface area (Å²) in [5.41, 5.74) is 8.55. The van der Waals surface area contributed by atoms with Crippen molar-refractivity contribution in [2.45, 2.75) is 65.0 Å². The Morgan fingerprint density at radius 3 is 2.43 bits per heavy atom. The van der Waals surface area contributed by atoms with E-state index in [0.717, 1.165) is 23.0 Å². The Morgan fingerprint density at radius 1 is 1.24 bits per heavy atom. The molecule has 0 heterocycles. The molecule has 0 bridgehead atoms. The van der Waals surface area contributed by atoms with Crippen LogP contribution in [0, 0.1) is 5.92 Å². The van der Waals surface area contributed by atoms with E-state index in [-0.39, 0.29) is 6.04 Å². The zero-order valence-electron chi connectivity index (χ0n) is 13.6. The van der Waals surface area contributed by atoms with Gasteiger partial charge in [-0.3, -0.25) is 0 Å². The molecule has 1 aromatic carbocycles. The summed E-state index contributed by atoms with van der Waals surface area (Å²) in [7, 11) is 0. The van der Waals surface area contributed by atoms with E-state index in [0.29, 0.717) is 0 Å². The molecule has 0 aliphatic heterocycles. The van der Waals surface area contributed by atoms with Gasteiger partial charge in [-0.05, 0) is 49.8 Å². The van der Waals surface area contributed by atoms with Crippen LogP contribution < -0.4 is 10.6 Å². The van der Waals surface area contributed by atoms with Crippen LogP contribution in [-0.2, 0) is 0 Å². The van der Waals surface area contributed by atoms with Gasteiger partial charge >= 0.3 is 0 Å². The molecular weight excluding hydrogens is 324 g/mol. The Labute approximate surface area is 138 Å². The van der Waals surface area contributed by atoms with Crippen LogP contribution in [0.5, 0.6) is 0 Å². The predicted molar refractivity (Wildman–Crippen MR) is 95.8 cm³/mol. The van der Waals surface area contributed by atoms with E-state index in [2.05, 4.69) is 52.9 Å². The SMILES string of the molecule is CC(C)CCN(c1ccc([C@H](C)N)c(Br)c1)C1CCCC1. The Morgan fingerprint density at radius 2 is 1.90 bits per heavy atom. The molecule has 118 valence electrons. The van der Waals surface area contributed by atoms with Gasteiger partial charge in [-0.1, -0.05) is 48.7 Å². The fraction of sp³-hybridized carbons (Fsp3) is 0.667. The maximum absolute atomic E-state index is 6.02. The number of nitrogens with two attached hydrogens (primary N) is 1. The zero-order valence-corrected chi connectivity index (χ0v) is 15.2. The minimum Gasteiger partial charge on any atom is -0.369 e. The fourth-order valence-corrected chi connectivity index (χ4v) is 3.93. The van der Waals surface area contributed by atoms with E-state index in [1.54, 1.807) is 0 Å². The molecular formula is C18H29BrN2. The molecule has 1 atom stereocenters. The van der Waals surface area contributed by atoms with Crippen LogP contribution in [0.3, 0.4) is 0 Å². The molecule has 0 amide bonds. The van der Waals surface area contributed by atoms with Gasteiger partial charge in [0.2, 0.25) is 0 Å². The summed E-state index contributed by atoms with van der Waals surface area (Å²) in [4.78, 5) is 2.63. The summed E-state index contributed by atoms with van der Waals surface area (Å²) in [6.45, 7) is 7.81. The molecule has 1 aliphatic rings. The van der Waals surface area contributed by atoms with E-state index >= 15 is 0 Å². The highest BCUT2D eigenvalue weighted by molar-refractivity contribution is 9.10. The third-order valence-electron chi connectivity index (χ3n) is 4.52. The van der Waals surface area contributed by atoms with Crippen molar-refractivity contribution < 1.29 is 0 Å². The van der Waals surface area contributed by atoms with Gasteiger partial charge < -0.3 is 10.6 Å². The van der Waals surface area contributed by atoms with Crippen LogP contribution in [0.15, 0.2) is 22.7 Å². The molecule has 1 aromatic rings. The van der Waals surface area contributed by atoms with E-state index in [1.165, 1.54) is 43.4 Å². The average Bonchev–Trinajstić information content (AvgIpc) is 2.92. The molecule has 2 nitrogen and oxygen atoms in total. The zero-order chi connectivity index (χ0) is 15.4. The van der Waals surface area contributed by atoms with Crippen LogP contribution in [-0.4, -0.2) is 12.6 Å². The quantitative estimate of drug-likeness (QED) is 0.755. The van der Waals surface area contributed by atoms with Crippen molar-refractivity contribution in [3.8, 4) is 0 Å². The minimum absolute atomic E-state index is 0.0732. The molecule has 21 heavy (non-hydrogen) atoms. The summed E-state index contributed by atoms with van der Waals surface area (Å²) < 4.78 is 1.14. The molecule has 1 saturated carbocycles. The lowest BCUT2D eigenvalue weighted by Crippen LogP contribution is -2.34. The first kappa shape index (κ1) is 16.8. The Hall–Kier alpha value is -0.540. The summed E-state index contributed by atoms with van der Waals surface area (Å²) in [6.07, 6.45) is 6.68. The van der Waals surface area contributed by atoms with E-state index < -0.39 is 0 Å². The normalized spacial score (nSPS) is 17.4. The first-order valence-electron chi connectivity index (χ1n) is 8.30. The highest BCUT2D eigenvalue weighted by atomic mass is 79.9. The monoisotopic (exact) mass is 352 g/mol. The summed E-state index contributed by atoms with van der Waals surface area (Å²) in [6, 6.07) is 7.49. The van der Waals surface area contributed by atoms with Crippen molar-refractivity contribution in [1.29, 1.82) is 0 Å². The number of anilines is 1. The Bertz CT molecular complexity index is 451. The van der Waals surface area contributed by atoms with Crippen LogP contribution in [0.2, 0.25) is 0 Å². The molecule has 2 N–H and O–H groups in total. The second kappa shape index (κ2) is 7.64. The van der Waals surface area contributed by atoms with Crippen molar-refractivity contribution >= 4 is 21.6 Å². The molecule has 0 saturated heterocycles. The maximum atomic E-state index is 6.02. The molecule has 0 spiro atoms. The second-order valence-electron chi connectivity index (χ2n) is 6.81. The fourth-order valence-electron chi connectivity index (χ4n) is 3.20. The smallest absolute Gasteiger partial charge is 0.0380 e. The topological polar surface area (TPSA) is 29.3 Å². The van der Waals surface area contributed by atoms with Gasteiger partial charge in [-0.25, -0.2) is 0 Å². The molecule has 2 rings (SSSR count). The van der Waals surface area contributed by atoms with Gasteiger partial charge in [0.25, 0.3) is 0 Å². The minimum atomic E-state index is 0.0732. The van der Waals surface area contributed by atoms with Gasteiger partial charge in [-0.15, -0.1) is 0 Å². The summed E-state index contributed by atoms with van der Waals surface area (Å²) in [5, 5.41) is 0. The molecule has 0 aromatic heterocycles. The summed E-state index contributed by atoms with van der Waals surface area (Å²) in [5.74, 6) is 0.751. The largest absolute Gasteiger partial charge is 0.369 e. The molecule has 0 unspecified atom stereocenters. The third kappa shape index (κ3) is 4.46. The lowest BCUT2D eigenvalue weighted by atomic mass is 10.1. The first-order valence-corrected chi connectivity index (χ1v) is 9.10. The highest BCUT2D eigenvalue weighted by Crippen LogP contribution is 2.32. The van der Waals surface area contributed by atoms with Crippen molar-refractivity contribution in [1.82, 2.24) is 0 Å². The lowest BCUT2D eigenvalue weighted by Gasteiger charge is -2.32.